The fraction of sp³-hybridized carbons (Fsp3) is 0.533. The molecule has 1 aliphatic rings. The molecule has 0 radical (unpaired) electrons. The van der Waals surface area contributed by atoms with Crippen LogP contribution in [0, 0.1) is 0 Å². The highest BCUT2D eigenvalue weighted by Crippen LogP contribution is 2.22. The van der Waals surface area contributed by atoms with Crippen molar-refractivity contribution in [1.82, 2.24) is 9.80 Å². The number of hydrogen-bond donors (Lipinski definition) is 2. The Balaban J connectivity index is 1.94. The van der Waals surface area contributed by atoms with Gasteiger partial charge in [0, 0.05) is 24.2 Å². The molecule has 1 amide bonds. The van der Waals surface area contributed by atoms with E-state index in [2.05, 4.69) is 29.1 Å². The molecule has 0 bridgehead atoms. The Morgan fingerprint density at radius 2 is 2.24 bits per heavy atom. The number of likely N-dealkylation sites (N-methyl/N-ethyl adjacent to an activating group) is 1. The molecule has 116 valence electrons. The molecule has 0 saturated carbocycles. The summed E-state index contributed by atoms with van der Waals surface area (Å²) in [6.45, 7) is 5.54. The van der Waals surface area contributed by atoms with Crippen molar-refractivity contribution in [1.29, 1.82) is 0 Å². The van der Waals surface area contributed by atoms with Gasteiger partial charge in [0.15, 0.2) is 0 Å². The predicted molar refractivity (Wildman–Crippen MR) is 87.6 cm³/mol. The van der Waals surface area contributed by atoms with Gasteiger partial charge in [-0.1, -0.05) is 11.6 Å². The van der Waals surface area contributed by atoms with E-state index in [0.717, 1.165) is 26.1 Å². The van der Waals surface area contributed by atoms with E-state index < -0.39 is 0 Å². The molecule has 2 rings (SSSR count). The average molecular weight is 311 g/mol. The smallest absolute Gasteiger partial charge is 0.238 e. The zero-order valence-electron chi connectivity index (χ0n) is 12.6. The highest BCUT2D eigenvalue weighted by atomic mass is 35.5. The molecule has 1 aromatic carbocycles. The second kappa shape index (κ2) is 7.11. The number of nitrogens with one attached hydrogen (secondary N) is 1. The van der Waals surface area contributed by atoms with Crippen molar-refractivity contribution in [2.75, 3.05) is 44.3 Å². The lowest BCUT2D eigenvalue weighted by molar-refractivity contribution is -0.117. The van der Waals surface area contributed by atoms with Crippen molar-refractivity contribution >= 4 is 28.9 Å². The lowest BCUT2D eigenvalue weighted by Gasteiger charge is -2.27. The van der Waals surface area contributed by atoms with Crippen molar-refractivity contribution in [3.8, 4) is 0 Å². The SMILES string of the molecule is CC1CN(C)CCCN1CC(=O)Nc1ccc(Cl)cc1N. The van der Waals surface area contributed by atoms with Crippen LogP contribution in [-0.4, -0.2) is 55.0 Å². The van der Waals surface area contributed by atoms with Crippen LogP contribution in [0.15, 0.2) is 18.2 Å². The zero-order chi connectivity index (χ0) is 15.4. The third kappa shape index (κ3) is 4.59. The Bertz CT molecular complexity index is 508. The van der Waals surface area contributed by atoms with Crippen LogP contribution < -0.4 is 11.1 Å². The summed E-state index contributed by atoms with van der Waals surface area (Å²) in [5, 5.41) is 3.42. The van der Waals surface area contributed by atoms with Gasteiger partial charge in [-0.25, -0.2) is 0 Å². The fourth-order valence-electron chi connectivity index (χ4n) is 2.68. The Morgan fingerprint density at radius 1 is 1.48 bits per heavy atom. The van der Waals surface area contributed by atoms with Crippen LogP contribution in [0.5, 0.6) is 0 Å². The first-order valence-electron chi connectivity index (χ1n) is 7.23. The summed E-state index contributed by atoms with van der Waals surface area (Å²) >= 11 is 5.85. The first kappa shape index (κ1) is 16.1. The van der Waals surface area contributed by atoms with E-state index in [-0.39, 0.29) is 5.91 Å². The number of rotatable bonds is 3. The minimum absolute atomic E-state index is 0.0413. The first-order chi connectivity index (χ1) is 9.95. The maximum Gasteiger partial charge on any atom is 0.238 e. The average Bonchev–Trinajstić information content (AvgIpc) is 2.55. The van der Waals surface area contributed by atoms with Crippen molar-refractivity contribution in [3.63, 3.8) is 0 Å². The Hall–Kier alpha value is -1.30. The molecule has 1 unspecified atom stereocenters. The standard InChI is InChI=1S/C15H23ClN4O/c1-11-9-19(2)6-3-7-20(11)10-15(21)18-14-5-4-12(16)8-13(14)17/h4-5,8,11H,3,6-7,9-10,17H2,1-2H3,(H,18,21). The van der Waals surface area contributed by atoms with E-state index in [1.165, 1.54) is 0 Å². The third-order valence-electron chi connectivity index (χ3n) is 3.82. The van der Waals surface area contributed by atoms with E-state index in [9.17, 15) is 4.79 Å². The number of anilines is 2. The van der Waals surface area contributed by atoms with E-state index in [1.54, 1.807) is 18.2 Å². The molecular weight excluding hydrogens is 288 g/mol. The summed E-state index contributed by atoms with van der Waals surface area (Å²) in [6, 6.07) is 5.46. The zero-order valence-corrected chi connectivity index (χ0v) is 13.4. The Kier molecular flexibility index (Phi) is 5.45. The minimum Gasteiger partial charge on any atom is -0.397 e. The maximum atomic E-state index is 12.2. The van der Waals surface area contributed by atoms with Gasteiger partial charge in [-0.2, -0.15) is 0 Å². The molecule has 0 aromatic heterocycles. The summed E-state index contributed by atoms with van der Waals surface area (Å²) in [4.78, 5) is 16.7. The summed E-state index contributed by atoms with van der Waals surface area (Å²) < 4.78 is 0. The molecule has 0 aliphatic carbocycles. The van der Waals surface area contributed by atoms with Crippen LogP contribution in [-0.2, 0) is 4.79 Å². The molecule has 5 nitrogen and oxygen atoms in total. The molecule has 1 heterocycles. The Morgan fingerprint density at radius 3 is 2.95 bits per heavy atom. The van der Waals surface area contributed by atoms with Gasteiger partial charge in [0.05, 0.1) is 17.9 Å². The summed E-state index contributed by atoms with van der Waals surface area (Å²) in [6.07, 6.45) is 1.08. The summed E-state index contributed by atoms with van der Waals surface area (Å²) in [5.74, 6) is -0.0413. The molecule has 1 saturated heterocycles. The number of nitrogens with zero attached hydrogens (tertiary/aromatic N) is 2. The lowest BCUT2D eigenvalue weighted by Crippen LogP contribution is -2.42. The second-order valence-electron chi connectivity index (χ2n) is 5.72. The molecule has 21 heavy (non-hydrogen) atoms. The van der Waals surface area contributed by atoms with Crippen LogP contribution in [0.3, 0.4) is 0 Å². The summed E-state index contributed by atoms with van der Waals surface area (Å²) in [5.41, 5.74) is 6.95. The highest BCUT2D eigenvalue weighted by molar-refractivity contribution is 6.31. The lowest BCUT2D eigenvalue weighted by atomic mass is 10.2. The fourth-order valence-corrected chi connectivity index (χ4v) is 2.86. The highest BCUT2D eigenvalue weighted by Gasteiger charge is 2.21. The molecule has 1 aliphatic heterocycles. The first-order valence-corrected chi connectivity index (χ1v) is 7.61. The minimum atomic E-state index is -0.0413. The van der Waals surface area contributed by atoms with Gasteiger partial charge in [0.25, 0.3) is 0 Å². The largest absolute Gasteiger partial charge is 0.397 e. The molecule has 1 aromatic rings. The summed E-state index contributed by atoms with van der Waals surface area (Å²) in [7, 11) is 2.12. The van der Waals surface area contributed by atoms with E-state index in [4.69, 9.17) is 17.3 Å². The topological polar surface area (TPSA) is 61.6 Å². The number of carbonyl (C=O) groups excluding carboxylic acids is 1. The molecule has 0 spiro atoms. The van der Waals surface area contributed by atoms with Gasteiger partial charge in [-0.15, -0.1) is 0 Å². The monoisotopic (exact) mass is 310 g/mol. The van der Waals surface area contributed by atoms with Crippen LogP contribution >= 0.6 is 11.6 Å². The number of halogens is 1. The van der Waals surface area contributed by atoms with Gasteiger partial charge in [-0.3, -0.25) is 9.69 Å². The molecule has 1 fully saturated rings. The van der Waals surface area contributed by atoms with Crippen molar-refractivity contribution in [3.05, 3.63) is 23.2 Å². The van der Waals surface area contributed by atoms with E-state index in [0.29, 0.717) is 29.0 Å². The Labute approximate surface area is 131 Å². The van der Waals surface area contributed by atoms with Crippen LogP contribution in [0.2, 0.25) is 5.02 Å². The number of benzene rings is 1. The van der Waals surface area contributed by atoms with Gasteiger partial charge < -0.3 is 16.0 Å². The van der Waals surface area contributed by atoms with Gasteiger partial charge >= 0.3 is 0 Å². The van der Waals surface area contributed by atoms with E-state index in [1.807, 2.05) is 0 Å². The van der Waals surface area contributed by atoms with Crippen molar-refractivity contribution < 1.29 is 4.79 Å². The number of hydrogen-bond acceptors (Lipinski definition) is 4. The second-order valence-corrected chi connectivity index (χ2v) is 6.15. The number of carbonyl (C=O) groups is 1. The van der Waals surface area contributed by atoms with Gasteiger partial charge in [0.2, 0.25) is 5.91 Å². The van der Waals surface area contributed by atoms with Crippen LogP contribution in [0.25, 0.3) is 0 Å². The molecule has 1 atom stereocenters. The van der Waals surface area contributed by atoms with Crippen molar-refractivity contribution in [2.45, 2.75) is 19.4 Å². The van der Waals surface area contributed by atoms with Crippen molar-refractivity contribution in [2.24, 2.45) is 0 Å². The predicted octanol–water partition coefficient (Wildman–Crippen LogP) is 1.89. The maximum absolute atomic E-state index is 12.2. The molecular formula is C15H23ClN4O. The third-order valence-corrected chi connectivity index (χ3v) is 4.05. The quantitative estimate of drug-likeness (QED) is 0.837. The van der Waals surface area contributed by atoms with Crippen LogP contribution in [0.1, 0.15) is 13.3 Å². The molecule has 3 N–H and O–H groups in total. The van der Waals surface area contributed by atoms with Gasteiger partial charge in [0.1, 0.15) is 0 Å². The number of nitrogens with two attached hydrogens (primary N) is 1. The number of nitrogen functional groups attached to an aromatic ring is 1. The van der Waals surface area contributed by atoms with E-state index >= 15 is 0 Å². The van der Waals surface area contributed by atoms with Gasteiger partial charge in [-0.05, 0) is 45.1 Å². The molecule has 6 heteroatoms. The normalized spacial score (nSPS) is 21.0. The number of amides is 1. The van der Waals surface area contributed by atoms with Crippen LogP contribution in [0.4, 0.5) is 11.4 Å².